The van der Waals surface area contributed by atoms with Crippen LogP contribution in [0.25, 0.3) is 11.4 Å². The van der Waals surface area contributed by atoms with Gasteiger partial charge in [0.2, 0.25) is 0 Å². The van der Waals surface area contributed by atoms with Crippen molar-refractivity contribution < 1.29 is 9.90 Å². The number of nitrogens with two attached hydrogens (primary N) is 1. The minimum Gasteiger partial charge on any atom is -0.481 e. The van der Waals surface area contributed by atoms with E-state index in [1.165, 1.54) is 0 Å². The molecule has 2 rings (SSSR count). The van der Waals surface area contributed by atoms with E-state index in [4.69, 9.17) is 10.8 Å². The Morgan fingerprint density at radius 3 is 2.37 bits per heavy atom. The van der Waals surface area contributed by atoms with E-state index in [1.807, 2.05) is 24.3 Å². The fraction of sp³-hybridized carbons (Fsp3) is 0.154. The van der Waals surface area contributed by atoms with Gasteiger partial charge in [-0.3, -0.25) is 4.79 Å². The van der Waals surface area contributed by atoms with Crippen molar-refractivity contribution in [2.75, 3.05) is 0 Å². The van der Waals surface area contributed by atoms with Gasteiger partial charge in [-0.1, -0.05) is 28.1 Å². The van der Waals surface area contributed by atoms with Crippen molar-refractivity contribution in [1.29, 1.82) is 0 Å². The second kappa shape index (κ2) is 5.90. The third-order valence-electron chi connectivity index (χ3n) is 2.60. The lowest BCUT2D eigenvalue weighted by Crippen LogP contribution is -2.15. The summed E-state index contributed by atoms with van der Waals surface area (Å²) in [5.74, 6) is -0.358. The molecule has 0 amide bonds. The van der Waals surface area contributed by atoms with Gasteiger partial charge in [-0.25, -0.2) is 9.97 Å². The van der Waals surface area contributed by atoms with Gasteiger partial charge in [-0.15, -0.1) is 0 Å². The predicted octanol–water partition coefficient (Wildman–Crippen LogP) is 2.38. The minimum absolute atomic E-state index is 0.138. The first-order valence-corrected chi connectivity index (χ1v) is 6.41. The molecule has 0 aliphatic rings. The van der Waals surface area contributed by atoms with E-state index < -0.39 is 12.0 Å². The standard InChI is InChI=1S/C13H12BrN3O2/c14-10-3-1-8(2-4-10)13-16-6-9(7-17-13)11(15)5-12(18)19/h1-4,6-7,11H,5,15H2,(H,18,19). The molecule has 98 valence electrons. The molecule has 1 unspecified atom stereocenters. The molecule has 0 saturated heterocycles. The van der Waals surface area contributed by atoms with Crippen LogP contribution in [0.3, 0.4) is 0 Å². The largest absolute Gasteiger partial charge is 0.481 e. The topological polar surface area (TPSA) is 89.1 Å². The van der Waals surface area contributed by atoms with Crippen LogP contribution in [0.4, 0.5) is 0 Å². The Kier molecular flexibility index (Phi) is 4.24. The summed E-state index contributed by atoms with van der Waals surface area (Å²) in [5.41, 5.74) is 7.24. The normalized spacial score (nSPS) is 12.1. The summed E-state index contributed by atoms with van der Waals surface area (Å²) in [7, 11) is 0. The van der Waals surface area contributed by atoms with Crippen molar-refractivity contribution in [3.05, 3.63) is 46.7 Å². The molecule has 19 heavy (non-hydrogen) atoms. The molecule has 0 bridgehead atoms. The Labute approximate surface area is 118 Å². The molecule has 0 spiro atoms. The van der Waals surface area contributed by atoms with E-state index >= 15 is 0 Å². The molecule has 5 nitrogen and oxygen atoms in total. The first-order valence-electron chi connectivity index (χ1n) is 5.61. The fourth-order valence-corrected chi connectivity index (χ4v) is 1.85. The Morgan fingerprint density at radius 2 is 1.84 bits per heavy atom. The molecule has 0 aliphatic carbocycles. The van der Waals surface area contributed by atoms with Crippen LogP contribution in [0.5, 0.6) is 0 Å². The number of carboxylic acids is 1. The Balaban J connectivity index is 2.18. The average molecular weight is 322 g/mol. The molecular weight excluding hydrogens is 310 g/mol. The highest BCUT2D eigenvalue weighted by Crippen LogP contribution is 2.19. The van der Waals surface area contributed by atoms with Crippen LogP contribution in [-0.4, -0.2) is 21.0 Å². The number of halogens is 1. The summed E-state index contributed by atoms with van der Waals surface area (Å²) < 4.78 is 0.983. The van der Waals surface area contributed by atoms with Gasteiger partial charge in [0.05, 0.1) is 6.42 Å². The van der Waals surface area contributed by atoms with E-state index in [9.17, 15) is 4.79 Å². The predicted molar refractivity (Wildman–Crippen MR) is 74.3 cm³/mol. The smallest absolute Gasteiger partial charge is 0.305 e. The van der Waals surface area contributed by atoms with Crippen LogP contribution in [0.1, 0.15) is 18.0 Å². The summed E-state index contributed by atoms with van der Waals surface area (Å²) in [6.07, 6.45) is 3.00. The summed E-state index contributed by atoms with van der Waals surface area (Å²) in [4.78, 5) is 19.0. The van der Waals surface area contributed by atoms with Gasteiger partial charge in [0, 0.05) is 34.0 Å². The lowest BCUT2D eigenvalue weighted by molar-refractivity contribution is -0.137. The van der Waals surface area contributed by atoms with E-state index in [0.29, 0.717) is 11.4 Å². The van der Waals surface area contributed by atoms with Crippen molar-refractivity contribution in [2.45, 2.75) is 12.5 Å². The van der Waals surface area contributed by atoms with Gasteiger partial charge in [0.1, 0.15) is 0 Å². The molecule has 6 heteroatoms. The number of rotatable bonds is 4. The van der Waals surface area contributed by atoms with Crippen molar-refractivity contribution in [3.8, 4) is 11.4 Å². The van der Waals surface area contributed by atoms with Crippen molar-refractivity contribution in [1.82, 2.24) is 9.97 Å². The molecule has 0 fully saturated rings. The van der Waals surface area contributed by atoms with Crippen LogP contribution in [0.2, 0.25) is 0 Å². The van der Waals surface area contributed by atoms with Crippen molar-refractivity contribution in [3.63, 3.8) is 0 Å². The molecule has 3 N–H and O–H groups in total. The average Bonchev–Trinajstić information content (AvgIpc) is 2.39. The molecule has 0 radical (unpaired) electrons. The first kappa shape index (κ1) is 13.6. The Hall–Kier alpha value is -1.79. The van der Waals surface area contributed by atoms with Gasteiger partial charge < -0.3 is 10.8 Å². The molecule has 1 heterocycles. The second-order valence-corrected chi connectivity index (χ2v) is 4.97. The highest BCUT2D eigenvalue weighted by Gasteiger charge is 2.11. The number of hydrogen-bond acceptors (Lipinski definition) is 4. The molecule has 1 aromatic carbocycles. The minimum atomic E-state index is -0.940. The number of aromatic nitrogens is 2. The zero-order valence-corrected chi connectivity index (χ0v) is 11.5. The quantitative estimate of drug-likeness (QED) is 0.902. The maximum Gasteiger partial charge on any atom is 0.305 e. The summed E-state index contributed by atoms with van der Waals surface area (Å²) >= 11 is 3.36. The summed E-state index contributed by atoms with van der Waals surface area (Å²) in [6, 6.07) is 7.02. The number of aliphatic carboxylic acids is 1. The van der Waals surface area contributed by atoms with Crippen LogP contribution in [0, 0.1) is 0 Å². The SMILES string of the molecule is NC(CC(=O)O)c1cnc(-c2ccc(Br)cc2)nc1. The van der Waals surface area contributed by atoms with Gasteiger partial charge in [-0.05, 0) is 12.1 Å². The summed E-state index contributed by atoms with van der Waals surface area (Å²) in [6.45, 7) is 0. The second-order valence-electron chi connectivity index (χ2n) is 4.05. The van der Waals surface area contributed by atoms with Crippen LogP contribution >= 0.6 is 15.9 Å². The third kappa shape index (κ3) is 3.59. The lowest BCUT2D eigenvalue weighted by Gasteiger charge is -2.08. The Bertz CT molecular complexity index is 569. The van der Waals surface area contributed by atoms with Gasteiger partial charge in [0.25, 0.3) is 0 Å². The molecule has 0 saturated carbocycles. The summed E-state index contributed by atoms with van der Waals surface area (Å²) in [5, 5.41) is 8.68. The maximum atomic E-state index is 10.6. The van der Waals surface area contributed by atoms with Gasteiger partial charge in [-0.2, -0.15) is 0 Å². The maximum absolute atomic E-state index is 10.6. The third-order valence-corrected chi connectivity index (χ3v) is 3.13. The Morgan fingerprint density at radius 1 is 1.26 bits per heavy atom. The van der Waals surface area contributed by atoms with Crippen molar-refractivity contribution >= 4 is 21.9 Å². The highest BCUT2D eigenvalue weighted by molar-refractivity contribution is 9.10. The monoisotopic (exact) mass is 321 g/mol. The first-order chi connectivity index (χ1) is 9.06. The molecular formula is C13H12BrN3O2. The lowest BCUT2D eigenvalue weighted by atomic mass is 10.1. The van der Waals surface area contributed by atoms with E-state index in [1.54, 1.807) is 12.4 Å². The van der Waals surface area contributed by atoms with Gasteiger partial charge in [0.15, 0.2) is 5.82 Å². The number of carboxylic acid groups (broad SMARTS) is 1. The highest BCUT2D eigenvalue weighted by atomic mass is 79.9. The molecule has 0 aliphatic heterocycles. The van der Waals surface area contributed by atoms with Gasteiger partial charge >= 0.3 is 5.97 Å². The van der Waals surface area contributed by atoms with Crippen molar-refractivity contribution in [2.24, 2.45) is 5.73 Å². The van der Waals surface area contributed by atoms with Crippen LogP contribution < -0.4 is 5.73 Å². The fourth-order valence-electron chi connectivity index (χ4n) is 1.58. The zero-order chi connectivity index (χ0) is 13.8. The van der Waals surface area contributed by atoms with E-state index in [-0.39, 0.29) is 6.42 Å². The van der Waals surface area contributed by atoms with Crippen LogP contribution in [0.15, 0.2) is 41.1 Å². The van der Waals surface area contributed by atoms with E-state index in [0.717, 1.165) is 10.0 Å². The van der Waals surface area contributed by atoms with Crippen LogP contribution in [-0.2, 0) is 4.79 Å². The molecule has 2 aromatic rings. The molecule has 1 atom stereocenters. The number of benzene rings is 1. The number of carbonyl (C=O) groups is 1. The zero-order valence-electron chi connectivity index (χ0n) is 9.95. The number of nitrogens with zero attached hydrogens (tertiary/aromatic N) is 2. The molecule has 1 aromatic heterocycles. The van der Waals surface area contributed by atoms with E-state index in [2.05, 4.69) is 25.9 Å². The number of hydrogen-bond donors (Lipinski definition) is 2.